The van der Waals surface area contributed by atoms with Gasteiger partial charge in [0.25, 0.3) is 0 Å². The van der Waals surface area contributed by atoms with Crippen molar-refractivity contribution in [3.8, 4) is 5.75 Å². The molecule has 0 atom stereocenters. The highest BCUT2D eigenvalue weighted by atomic mass is 35.5. The highest BCUT2D eigenvalue weighted by molar-refractivity contribution is 7.80. The van der Waals surface area contributed by atoms with Gasteiger partial charge in [0.05, 0.1) is 0 Å². The van der Waals surface area contributed by atoms with Gasteiger partial charge in [-0.25, -0.2) is 4.98 Å². The molecule has 2 aromatic rings. The number of aryl methyl sites for hydroxylation is 1. The molecule has 2 nitrogen and oxygen atoms in total. The van der Waals surface area contributed by atoms with Crippen LogP contribution in [0, 0.1) is 6.92 Å². The first-order chi connectivity index (χ1) is 8.15. The van der Waals surface area contributed by atoms with E-state index in [1.165, 1.54) is 5.56 Å². The molecule has 0 saturated heterocycles. The minimum atomic E-state index is 0.387. The van der Waals surface area contributed by atoms with Crippen molar-refractivity contribution in [2.45, 2.75) is 6.92 Å². The first-order valence-electron chi connectivity index (χ1n) is 5.05. The lowest BCUT2D eigenvalue weighted by atomic mass is 10.2. The Kier molecular flexibility index (Phi) is 3.71. The zero-order valence-electron chi connectivity index (χ0n) is 9.18. The lowest BCUT2D eigenvalue weighted by Gasteiger charge is -2.06. The quantitative estimate of drug-likeness (QED) is 0.608. The molecule has 0 radical (unpaired) electrons. The summed E-state index contributed by atoms with van der Waals surface area (Å²) in [6.07, 6.45) is 1.60. The molecule has 1 heterocycles. The second-order valence-corrected chi connectivity index (χ2v) is 4.33. The van der Waals surface area contributed by atoms with Crippen LogP contribution in [0.1, 0.15) is 11.1 Å². The molecule has 0 spiro atoms. The number of halogens is 1. The molecular formula is C13H10ClNOS. The fourth-order valence-corrected chi connectivity index (χ4v) is 1.60. The molecule has 1 aromatic carbocycles. The van der Waals surface area contributed by atoms with Crippen LogP contribution in [0.2, 0.25) is 5.15 Å². The number of hydrogen-bond donors (Lipinski definition) is 0. The van der Waals surface area contributed by atoms with Gasteiger partial charge in [-0.05, 0) is 43.4 Å². The summed E-state index contributed by atoms with van der Waals surface area (Å²) in [4.78, 5) is 3.95. The number of aromatic nitrogens is 1. The lowest BCUT2D eigenvalue weighted by Crippen LogP contribution is -2.07. The van der Waals surface area contributed by atoms with Crippen molar-refractivity contribution in [2.24, 2.45) is 0 Å². The van der Waals surface area contributed by atoms with Crippen molar-refractivity contribution in [3.63, 3.8) is 0 Å². The van der Waals surface area contributed by atoms with E-state index in [2.05, 4.69) is 4.98 Å². The monoisotopic (exact) mass is 263 g/mol. The molecular weight excluding hydrogens is 254 g/mol. The molecule has 0 saturated carbocycles. The third kappa shape index (κ3) is 3.25. The Morgan fingerprint density at radius 3 is 2.47 bits per heavy atom. The maximum absolute atomic E-state index is 5.70. The molecule has 2 rings (SSSR count). The largest absolute Gasteiger partial charge is 0.445 e. The fourth-order valence-electron chi connectivity index (χ4n) is 1.27. The van der Waals surface area contributed by atoms with Crippen molar-refractivity contribution in [1.29, 1.82) is 0 Å². The van der Waals surface area contributed by atoms with E-state index >= 15 is 0 Å². The Morgan fingerprint density at radius 1 is 1.18 bits per heavy atom. The number of nitrogens with zero attached hydrogens (tertiary/aromatic N) is 1. The van der Waals surface area contributed by atoms with Crippen LogP contribution in [0.4, 0.5) is 0 Å². The maximum atomic E-state index is 5.70. The molecule has 0 bridgehead atoms. The van der Waals surface area contributed by atoms with Crippen LogP contribution in [0.5, 0.6) is 5.75 Å². The molecule has 0 N–H and O–H groups in total. The number of hydrogen-bond acceptors (Lipinski definition) is 3. The van der Waals surface area contributed by atoms with E-state index in [-0.39, 0.29) is 0 Å². The van der Waals surface area contributed by atoms with E-state index < -0.39 is 0 Å². The van der Waals surface area contributed by atoms with E-state index in [0.29, 0.717) is 10.2 Å². The normalized spacial score (nSPS) is 10.0. The molecule has 4 heteroatoms. The average Bonchev–Trinajstić information content (AvgIpc) is 2.33. The third-order valence-electron chi connectivity index (χ3n) is 2.19. The summed E-state index contributed by atoms with van der Waals surface area (Å²) in [6.45, 7) is 2.02. The smallest absolute Gasteiger partial charge is 0.199 e. The van der Waals surface area contributed by atoms with Crippen molar-refractivity contribution >= 4 is 28.9 Å². The number of ether oxygens (including phenoxy) is 1. The third-order valence-corrected chi connectivity index (χ3v) is 2.74. The van der Waals surface area contributed by atoms with E-state index in [9.17, 15) is 0 Å². The Bertz CT molecular complexity index is 522. The lowest BCUT2D eigenvalue weighted by molar-refractivity contribution is 0.566. The van der Waals surface area contributed by atoms with Gasteiger partial charge in [-0.3, -0.25) is 0 Å². The molecule has 0 unspecified atom stereocenters. The van der Waals surface area contributed by atoms with Crippen LogP contribution in [0.25, 0.3) is 0 Å². The van der Waals surface area contributed by atoms with Gasteiger partial charge in [0.15, 0.2) is 5.05 Å². The first-order valence-corrected chi connectivity index (χ1v) is 5.84. The van der Waals surface area contributed by atoms with Crippen LogP contribution in [-0.2, 0) is 0 Å². The minimum absolute atomic E-state index is 0.387. The summed E-state index contributed by atoms with van der Waals surface area (Å²) in [5, 5.41) is 0.824. The van der Waals surface area contributed by atoms with Gasteiger partial charge in [-0.1, -0.05) is 29.3 Å². The summed E-state index contributed by atoms with van der Waals surface area (Å²) in [5.41, 5.74) is 1.92. The molecule has 1 aromatic heterocycles. The Labute approximate surface area is 110 Å². The number of pyridine rings is 1. The van der Waals surface area contributed by atoms with E-state index in [1.54, 1.807) is 18.3 Å². The summed E-state index contributed by atoms with van der Waals surface area (Å²) in [6, 6.07) is 11.2. The zero-order valence-corrected chi connectivity index (χ0v) is 10.8. The van der Waals surface area contributed by atoms with E-state index in [0.717, 1.165) is 11.3 Å². The fraction of sp³-hybridized carbons (Fsp3) is 0.0769. The molecule has 86 valence electrons. The predicted octanol–water partition coefficient (Wildman–Crippen LogP) is 3.80. The average molecular weight is 264 g/mol. The standard InChI is InChI=1S/C13H10ClNOS/c1-9-2-5-11(6-3-9)16-13(17)10-4-7-12(14)15-8-10/h2-8H,1H3. The summed E-state index contributed by atoms with van der Waals surface area (Å²) >= 11 is 10.9. The maximum Gasteiger partial charge on any atom is 0.199 e. The van der Waals surface area contributed by atoms with Crippen molar-refractivity contribution in [3.05, 3.63) is 58.9 Å². The van der Waals surface area contributed by atoms with Crippen LogP contribution < -0.4 is 4.74 Å². The number of benzene rings is 1. The van der Waals surface area contributed by atoms with Gasteiger partial charge < -0.3 is 4.74 Å². The molecule has 17 heavy (non-hydrogen) atoms. The second-order valence-electron chi connectivity index (χ2n) is 3.57. The Morgan fingerprint density at radius 2 is 1.88 bits per heavy atom. The highest BCUT2D eigenvalue weighted by Gasteiger charge is 2.04. The number of thiocarbonyl (C=S) groups is 1. The predicted molar refractivity (Wildman–Crippen MR) is 72.8 cm³/mol. The van der Waals surface area contributed by atoms with Gasteiger partial charge >= 0.3 is 0 Å². The summed E-state index contributed by atoms with van der Waals surface area (Å²) < 4.78 is 5.54. The first kappa shape index (κ1) is 12.0. The van der Waals surface area contributed by atoms with E-state index in [4.69, 9.17) is 28.6 Å². The van der Waals surface area contributed by atoms with Crippen LogP contribution in [-0.4, -0.2) is 10.0 Å². The highest BCUT2D eigenvalue weighted by Crippen LogP contribution is 2.14. The van der Waals surface area contributed by atoms with Crippen LogP contribution >= 0.6 is 23.8 Å². The van der Waals surface area contributed by atoms with Gasteiger partial charge in [-0.15, -0.1) is 0 Å². The van der Waals surface area contributed by atoms with Crippen molar-refractivity contribution < 1.29 is 4.74 Å². The number of rotatable bonds is 2. The zero-order chi connectivity index (χ0) is 12.3. The van der Waals surface area contributed by atoms with Gasteiger partial charge in [0, 0.05) is 11.8 Å². The molecule has 0 amide bonds. The molecule has 0 aliphatic rings. The summed E-state index contributed by atoms with van der Waals surface area (Å²) in [7, 11) is 0. The Balaban J connectivity index is 2.11. The molecule has 0 fully saturated rings. The second kappa shape index (κ2) is 5.25. The summed E-state index contributed by atoms with van der Waals surface area (Å²) in [5.74, 6) is 0.718. The van der Waals surface area contributed by atoms with Crippen LogP contribution in [0.15, 0.2) is 42.6 Å². The molecule has 0 aliphatic heterocycles. The SMILES string of the molecule is Cc1ccc(OC(=S)c2ccc(Cl)nc2)cc1. The van der Waals surface area contributed by atoms with Crippen LogP contribution in [0.3, 0.4) is 0 Å². The topological polar surface area (TPSA) is 22.1 Å². The van der Waals surface area contributed by atoms with Gasteiger partial charge in [0.2, 0.25) is 0 Å². The Hall–Kier alpha value is -1.45. The van der Waals surface area contributed by atoms with E-state index in [1.807, 2.05) is 31.2 Å². The van der Waals surface area contributed by atoms with Gasteiger partial charge in [0.1, 0.15) is 10.9 Å². The molecule has 0 aliphatic carbocycles. The minimum Gasteiger partial charge on any atom is -0.445 e. The van der Waals surface area contributed by atoms with Crippen molar-refractivity contribution in [2.75, 3.05) is 0 Å². The van der Waals surface area contributed by atoms with Gasteiger partial charge in [-0.2, -0.15) is 0 Å². The van der Waals surface area contributed by atoms with Crippen molar-refractivity contribution in [1.82, 2.24) is 4.98 Å².